The summed E-state index contributed by atoms with van der Waals surface area (Å²) in [5, 5.41) is 12.4. The predicted octanol–water partition coefficient (Wildman–Crippen LogP) is 7.82. The third-order valence-corrected chi connectivity index (χ3v) is 13.4. The molecule has 438 valence electrons. The summed E-state index contributed by atoms with van der Waals surface area (Å²) in [7, 11) is 1.23. The van der Waals surface area contributed by atoms with Crippen molar-refractivity contribution >= 4 is 52.4 Å². The van der Waals surface area contributed by atoms with Gasteiger partial charge in [0.05, 0.1) is 13.2 Å². The lowest BCUT2D eigenvalue weighted by Crippen LogP contribution is -2.54. The Morgan fingerprint density at radius 3 is 1.94 bits per heavy atom. The van der Waals surface area contributed by atoms with Crippen molar-refractivity contribution in [2.75, 3.05) is 20.2 Å². The van der Waals surface area contributed by atoms with Gasteiger partial charge in [-0.15, -0.1) is 4.99 Å². The number of carbonyl (C=O) groups excluding carboxylic acids is 6. The van der Waals surface area contributed by atoms with E-state index < -0.39 is 53.5 Å². The summed E-state index contributed by atoms with van der Waals surface area (Å²) in [6.45, 7) is 6.54. The van der Waals surface area contributed by atoms with E-state index in [0.29, 0.717) is 25.3 Å². The number of methoxy groups -OCH3 is 1. The molecule has 4 aromatic carbocycles. The van der Waals surface area contributed by atoms with Gasteiger partial charge in [-0.25, -0.2) is 15.1 Å². The fourth-order valence-electron chi connectivity index (χ4n) is 9.18. The summed E-state index contributed by atoms with van der Waals surface area (Å²) in [5.41, 5.74) is 11.7. The number of fused-ring (bicyclic) bond motifs is 1. The third kappa shape index (κ3) is 24.6. The minimum atomic E-state index is -1.22. The fraction of sp³-hybridized carbons (Fsp3) is 0.459. The van der Waals surface area contributed by atoms with E-state index in [1.165, 1.54) is 7.11 Å². The number of aromatic nitrogens is 1. The number of Topliss-reactive ketones (excluding diaryl/α,β-unsaturated/α-hetero) is 1. The Balaban J connectivity index is 1.28. The van der Waals surface area contributed by atoms with Crippen LogP contribution in [0, 0.1) is 5.92 Å². The molecule has 0 aliphatic rings. The smallest absolute Gasteiger partial charge is 0.407 e. The summed E-state index contributed by atoms with van der Waals surface area (Å²) in [6, 6.07) is 30.6. The Labute approximate surface area is 475 Å². The topological polar surface area (TPSA) is 289 Å². The molecular weight excluding hydrogens is 1030 g/mol. The number of hydrogen-bond acceptors (Lipinski definition) is 13. The highest BCUT2D eigenvalue weighted by atomic mass is 17.3. The Morgan fingerprint density at radius 2 is 1.27 bits per heavy atom. The van der Waals surface area contributed by atoms with Crippen LogP contribution in [0.5, 0.6) is 5.75 Å². The molecule has 5 aromatic rings. The third-order valence-electron chi connectivity index (χ3n) is 13.4. The van der Waals surface area contributed by atoms with Crippen LogP contribution in [0.25, 0.3) is 10.9 Å². The van der Waals surface area contributed by atoms with E-state index in [0.717, 1.165) is 84.5 Å². The lowest BCUT2D eigenvalue weighted by Gasteiger charge is -2.25. The van der Waals surface area contributed by atoms with Crippen molar-refractivity contribution in [3.8, 4) is 5.75 Å². The van der Waals surface area contributed by atoms with Gasteiger partial charge in [0, 0.05) is 55.4 Å². The zero-order valence-electron chi connectivity index (χ0n) is 47.3. The van der Waals surface area contributed by atoms with Crippen molar-refractivity contribution < 1.29 is 53.0 Å². The second-order valence-corrected chi connectivity index (χ2v) is 21.1. The number of guanidine groups is 1. The molecule has 1 aromatic heterocycles. The molecular formula is C61H83N9O11. The fourth-order valence-corrected chi connectivity index (χ4v) is 9.18. The average molecular weight is 1120 g/mol. The number of amides is 4. The van der Waals surface area contributed by atoms with E-state index >= 15 is 0 Å². The normalized spacial score (nSPS) is 13.0. The zero-order valence-corrected chi connectivity index (χ0v) is 47.3. The second-order valence-electron chi connectivity index (χ2n) is 21.1. The number of unbranched alkanes of at least 4 members (excludes halogenated alkanes) is 8. The Hall–Kier alpha value is -7.81. The minimum absolute atomic E-state index is 0.0377. The molecule has 20 heteroatoms. The number of rotatable bonds is 36. The van der Waals surface area contributed by atoms with Crippen molar-refractivity contribution in [1.82, 2.24) is 31.7 Å². The predicted molar refractivity (Wildman–Crippen MR) is 310 cm³/mol. The number of nitrogens with one attached hydrogen (secondary N) is 6. The average Bonchev–Trinajstić information content (AvgIpc) is 4.10. The molecule has 1 heterocycles. The van der Waals surface area contributed by atoms with Crippen LogP contribution in [0.2, 0.25) is 0 Å². The highest BCUT2D eigenvalue weighted by Crippen LogP contribution is 2.22. The number of nitrogens with two attached hydrogens (primary N) is 2. The maximum Gasteiger partial charge on any atom is 0.407 e. The maximum atomic E-state index is 14.8. The molecule has 81 heavy (non-hydrogen) atoms. The first kappa shape index (κ1) is 64.0. The highest BCUT2D eigenvalue weighted by molar-refractivity contribution is 5.95. The number of alkyl carbamates (subject to hydrolysis) is 1. The van der Waals surface area contributed by atoms with Crippen molar-refractivity contribution in [2.24, 2.45) is 22.5 Å². The lowest BCUT2D eigenvalue weighted by molar-refractivity contribution is -0.326. The SMILES string of the molecule is COC(=O)[C@H](Cc1c[nH]c2ccccc12)NC(=O)[C@H](CCCN=C(N)NOON)NC(=O)[C@H](CC(=O)[C@H](Cc1ccc(OCc2ccccc2)cc1)NC(=O)CCCCCCCCCCCNC(=O)OC(C)(C)C)Cc1ccccc1. The van der Waals surface area contributed by atoms with Gasteiger partial charge < -0.3 is 46.2 Å². The van der Waals surface area contributed by atoms with E-state index in [1.54, 1.807) is 6.20 Å². The number of ketones is 1. The van der Waals surface area contributed by atoms with Crippen LogP contribution in [0.4, 0.5) is 4.79 Å². The van der Waals surface area contributed by atoms with E-state index in [-0.39, 0.29) is 69.1 Å². The minimum Gasteiger partial charge on any atom is -0.489 e. The first-order chi connectivity index (χ1) is 39.1. The number of para-hydroxylation sites is 1. The van der Waals surface area contributed by atoms with Gasteiger partial charge in [0.25, 0.3) is 0 Å². The van der Waals surface area contributed by atoms with Crippen LogP contribution in [0.1, 0.15) is 126 Å². The number of esters is 1. The van der Waals surface area contributed by atoms with Crippen molar-refractivity contribution in [2.45, 2.75) is 154 Å². The molecule has 20 nitrogen and oxygen atoms in total. The zero-order chi connectivity index (χ0) is 58.2. The van der Waals surface area contributed by atoms with E-state index in [1.807, 2.05) is 130 Å². The van der Waals surface area contributed by atoms with Gasteiger partial charge in [-0.2, -0.15) is 5.90 Å². The van der Waals surface area contributed by atoms with Gasteiger partial charge in [-0.3, -0.25) is 24.2 Å². The Bertz CT molecular complexity index is 2730. The van der Waals surface area contributed by atoms with Crippen molar-refractivity contribution in [1.29, 1.82) is 0 Å². The molecule has 0 fully saturated rings. The molecule has 0 radical (unpaired) electrons. The first-order valence-electron chi connectivity index (χ1n) is 28.0. The van der Waals surface area contributed by atoms with Gasteiger partial charge in [0.15, 0.2) is 5.78 Å². The second kappa shape index (κ2) is 35.0. The Morgan fingerprint density at radius 1 is 0.654 bits per heavy atom. The van der Waals surface area contributed by atoms with Crippen LogP contribution < -0.4 is 43.1 Å². The number of benzene rings is 4. The maximum absolute atomic E-state index is 14.8. The molecule has 0 aliphatic carbocycles. The van der Waals surface area contributed by atoms with Gasteiger partial charge in [-0.1, -0.05) is 141 Å². The summed E-state index contributed by atoms with van der Waals surface area (Å²) >= 11 is 0. The van der Waals surface area contributed by atoms with Crippen LogP contribution in [0.15, 0.2) is 120 Å². The summed E-state index contributed by atoms with van der Waals surface area (Å²) < 4.78 is 16.4. The molecule has 0 bridgehead atoms. The van der Waals surface area contributed by atoms with Gasteiger partial charge in [-0.05, 0) is 99.7 Å². The summed E-state index contributed by atoms with van der Waals surface area (Å²) in [4.78, 5) is 98.7. The molecule has 0 spiro atoms. The van der Waals surface area contributed by atoms with Gasteiger partial charge in [0.1, 0.15) is 30.0 Å². The Kier molecular flexibility index (Phi) is 27.7. The van der Waals surface area contributed by atoms with E-state index in [4.69, 9.17) is 25.8 Å². The molecule has 0 saturated carbocycles. The van der Waals surface area contributed by atoms with Crippen molar-refractivity contribution in [3.05, 3.63) is 138 Å². The van der Waals surface area contributed by atoms with E-state index in [2.05, 4.69) is 46.7 Å². The molecule has 10 N–H and O–H groups in total. The van der Waals surface area contributed by atoms with Crippen LogP contribution in [0.3, 0.4) is 0 Å². The van der Waals surface area contributed by atoms with Crippen molar-refractivity contribution in [3.63, 3.8) is 0 Å². The highest BCUT2D eigenvalue weighted by Gasteiger charge is 2.33. The molecule has 0 aliphatic heterocycles. The molecule has 5 rings (SSSR count). The number of aromatic amines is 1. The largest absolute Gasteiger partial charge is 0.489 e. The van der Waals surface area contributed by atoms with Crippen LogP contribution in [-0.2, 0) is 69.3 Å². The number of nitrogens with zero attached hydrogens (tertiary/aromatic N) is 1. The van der Waals surface area contributed by atoms with Crippen LogP contribution >= 0.6 is 0 Å². The van der Waals surface area contributed by atoms with Gasteiger partial charge >= 0.3 is 12.1 Å². The number of hydroxylamine groups is 1. The summed E-state index contributed by atoms with van der Waals surface area (Å²) in [6.07, 6.45) is 10.6. The molecule has 4 atom stereocenters. The number of carbonyl (C=O) groups is 6. The lowest BCUT2D eigenvalue weighted by atomic mass is 9.89. The van der Waals surface area contributed by atoms with Crippen LogP contribution in [-0.4, -0.2) is 90.4 Å². The van der Waals surface area contributed by atoms with E-state index in [9.17, 15) is 28.8 Å². The first-order valence-corrected chi connectivity index (χ1v) is 28.0. The standard InChI is InChI=1S/C61H83N9O11/c1-61(2,3)79-60(76)65-35-21-11-9-7-5-6-8-10-18-30-55(72)67-52(38-44-31-33-48(34-32-44)78-42-45-25-16-13-17-26-45)54(71)40-46(37-43-23-14-12-15-24-43)56(73)68-51(29-22-36-64-59(62)70-81-80-63)57(74)69-53(58(75)77-4)39-47-41-66-50-28-20-19-27-49(47)50/h12-17,19-20,23-28,31-34,41,46,51-53,66H,5-11,18,21-22,29-30,35-40,42,63H2,1-4H3,(H,65,76)(H,67,72)(H,68,73)(H,69,74)(H3,62,64,70)/t46-,51-,52-,53-/m0/s1. The molecule has 0 unspecified atom stereocenters. The molecule has 4 amide bonds. The number of hydrogen-bond donors (Lipinski definition) is 8. The van der Waals surface area contributed by atoms with Gasteiger partial charge in [0.2, 0.25) is 23.7 Å². The quantitative estimate of drug-likeness (QED) is 0.00474. The number of aliphatic imine (C=N–C) groups is 1. The summed E-state index contributed by atoms with van der Waals surface area (Å²) in [5.74, 6) is 1.80. The monoisotopic (exact) mass is 1120 g/mol. The number of H-pyrrole nitrogens is 1. The number of ether oxygens (including phenoxy) is 3. The molecule has 0 saturated heterocycles.